The second-order valence-electron chi connectivity index (χ2n) is 6.85. The first-order valence-corrected chi connectivity index (χ1v) is 10.8. The van der Waals surface area contributed by atoms with Gasteiger partial charge in [0, 0.05) is 17.5 Å². The number of amides is 1. The van der Waals surface area contributed by atoms with Gasteiger partial charge in [-0.1, -0.05) is 29.5 Å². The number of fused-ring (bicyclic) bond motifs is 2. The number of benzene rings is 2. The van der Waals surface area contributed by atoms with Gasteiger partial charge in [-0.2, -0.15) is 4.99 Å². The lowest BCUT2D eigenvalue weighted by molar-refractivity contribution is -0.143. The van der Waals surface area contributed by atoms with Crippen molar-refractivity contribution in [2.24, 2.45) is 4.99 Å². The van der Waals surface area contributed by atoms with E-state index in [0.717, 1.165) is 11.3 Å². The fourth-order valence-corrected chi connectivity index (χ4v) is 4.37. The summed E-state index contributed by atoms with van der Waals surface area (Å²) in [6.45, 7) is 1.74. The zero-order valence-electron chi connectivity index (χ0n) is 18.1. The first kappa shape index (κ1) is 22.3. The van der Waals surface area contributed by atoms with E-state index in [2.05, 4.69) is 4.99 Å². The highest BCUT2D eigenvalue weighted by atomic mass is 32.1. The molecule has 33 heavy (non-hydrogen) atoms. The van der Waals surface area contributed by atoms with E-state index in [1.54, 1.807) is 47.9 Å². The molecule has 2 aromatic carbocycles. The predicted molar refractivity (Wildman–Crippen MR) is 122 cm³/mol. The Morgan fingerprint density at radius 3 is 2.55 bits per heavy atom. The van der Waals surface area contributed by atoms with Crippen LogP contribution in [0.25, 0.3) is 21.2 Å². The summed E-state index contributed by atoms with van der Waals surface area (Å²) in [5.41, 5.74) is -0.0203. The summed E-state index contributed by atoms with van der Waals surface area (Å²) < 4.78 is 23.3. The van der Waals surface area contributed by atoms with Crippen LogP contribution in [0.5, 0.6) is 11.5 Å². The van der Waals surface area contributed by atoms with Crippen molar-refractivity contribution >= 4 is 44.4 Å². The highest BCUT2D eigenvalue weighted by Gasteiger charge is 2.18. The maximum absolute atomic E-state index is 13.0. The minimum Gasteiger partial charge on any atom is -0.493 e. The Hall–Kier alpha value is -3.92. The van der Waals surface area contributed by atoms with E-state index in [0.29, 0.717) is 32.7 Å². The molecule has 0 aliphatic rings. The van der Waals surface area contributed by atoms with Crippen LogP contribution >= 0.6 is 11.3 Å². The van der Waals surface area contributed by atoms with Crippen LogP contribution in [0, 0.1) is 0 Å². The molecule has 2 aromatic heterocycles. The van der Waals surface area contributed by atoms with E-state index < -0.39 is 17.5 Å². The Labute approximate surface area is 191 Å². The first-order chi connectivity index (χ1) is 15.9. The van der Waals surface area contributed by atoms with Gasteiger partial charge in [0.05, 0.1) is 31.0 Å². The van der Waals surface area contributed by atoms with Gasteiger partial charge in [0.2, 0.25) is 0 Å². The van der Waals surface area contributed by atoms with E-state index >= 15 is 0 Å². The number of thiazole rings is 1. The lowest BCUT2D eigenvalue weighted by atomic mass is 10.2. The van der Waals surface area contributed by atoms with Crippen molar-refractivity contribution in [1.82, 2.24) is 4.57 Å². The third kappa shape index (κ3) is 4.37. The fourth-order valence-electron chi connectivity index (χ4n) is 3.33. The molecule has 2 heterocycles. The molecule has 0 fully saturated rings. The van der Waals surface area contributed by atoms with E-state index in [9.17, 15) is 14.4 Å². The number of carbonyl (C=O) groups excluding carboxylic acids is 2. The van der Waals surface area contributed by atoms with E-state index in [-0.39, 0.29) is 23.5 Å². The van der Waals surface area contributed by atoms with Crippen LogP contribution in [0.1, 0.15) is 17.3 Å². The number of hydrogen-bond donors (Lipinski definition) is 0. The van der Waals surface area contributed by atoms with Gasteiger partial charge >= 0.3 is 11.6 Å². The fraction of sp³-hybridized carbons (Fsp3) is 0.217. The topological polar surface area (TPSA) is 109 Å². The first-order valence-electron chi connectivity index (χ1n) is 9.98. The summed E-state index contributed by atoms with van der Waals surface area (Å²) in [4.78, 5) is 42.0. The lowest BCUT2D eigenvalue weighted by Crippen LogP contribution is -2.24. The Morgan fingerprint density at radius 2 is 1.82 bits per heavy atom. The van der Waals surface area contributed by atoms with Crippen LogP contribution in [0.3, 0.4) is 0 Å². The number of methoxy groups -OCH3 is 2. The van der Waals surface area contributed by atoms with Gasteiger partial charge in [-0.25, -0.2) is 4.79 Å². The third-order valence-corrected chi connectivity index (χ3v) is 5.89. The van der Waals surface area contributed by atoms with Crippen molar-refractivity contribution in [1.29, 1.82) is 0 Å². The number of carbonyl (C=O) groups is 2. The van der Waals surface area contributed by atoms with Gasteiger partial charge in [0.1, 0.15) is 17.7 Å². The van der Waals surface area contributed by atoms with E-state index in [1.807, 2.05) is 0 Å². The molecular formula is C23H20N2O7S. The third-order valence-electron chi connectivity index (χ3n) is 4.85. The zero-order chi connectivity index (χ0) is 23.5. The Morgan fingerprint density at radius 1 is 1.09 bits per heavy atom. The second-order valence-corrected chi connectivity index (χ2v) is 7.86. The average molecular weight is 468 g/mol. The van der Waals surface area contributed by atoms with Crippen molar-refractivity contribution < 1.29 is 28.2 Å². The highest BCUT2D eigenvalue weighted by molar-refractivity contribution is 7.16. The van der Waals surface area contributed by atoms with Crippen LogP contribution in [-0.2, 0) is 16.1 Å². The van der Waals surface area contributed by atoms with Crippen molar-refractivity contribution in [3.05, 3.63) is 63.2 Å². The summed E-state index contributed by atoms with van der Waals surface area (Å²) in [5, 5.41) is 0.598. The van der Waals surface area contributed by atoms with Crippen molar-refractivity contribution in [3.8, 4) is 11.5 Å². The van der Waals surface area contributed by atoms with Crippen LogP contribution in [0.4, 0.5) is 0 Å². The predicted octanol–water partition coefficient (Wildman–Crippen LogP) is 3.13. The number of para-hydroxylation sites is 1. The van der Waals surface area contributed by atoms with Crippen molar-refractivity contribution in [2.75, 3.05) is 20.8 Å². The summed E-state index contributed by atoms with van der Waals surface area (Å²) in [7, 11) is 3.01. The standard InChI is InChI=1S/C23H20N2O7S/c1-4-31-20(26)12-25-15-10-17(29-2)18(30-3)11-19(15)33-23(25)24-21(27)14-9-13-7-5-6-8-16(13)32-22(14)28/h5-11H,4,12H2,1-3H3. The van der Waals surface area contributed by atoms with Crippen molar-refractivity contribution in [3.63, 3.8) is 0 Å². The molecule has 0 aliphatic heterocycles. The number of rotatable bonds is 6. The molecule has 0 unspecified atom stereocenters. The van der Waals surface area contributed by atoms with Crippen LogP contribution in [0.2, 0.25) is 0 Å². The van der Waals surface area contributed by atoms with Crippen LogP contribution < -0.4 is 19.9 Å². The maximum atomic E-state index is 13.0. The lowest BCUT2D eigenvalue weighted by Gasteiger charge is -2.09. The van der Waals surface area contributed by atoms with Gasteiger partial charge in [-0.05, 0) is 19.1 Å². The molecule has 4 rings (SSSR count). The number of ether oxygens (including phenoxy) is 3. The number of aromatic nitrogens is 1. The number of esters is 1. The molecule has 0 atom stereocenters. The van der Waals surface area contributed by atoms with Gasteiger partial charge in [-0.3, -0.25) is 9.59 Å². The maximum Gasteiger partial charge on any atom is 0.349 e. The van der Waals surface area contributed by atoms with E-state index in [4.69, 9.17) is 18.6 Å². The molecule has 1 amide bonds. The van der Waals surface area contributed by atoms with Gasteiger partial charge in [0.25, 0.3) is 5.91 Å². The molecule has 170 valence electrons. The van der Waals surface area contributed by atoms with E-state index in [1.165, 1.54) is 20.3 Å². The van der Waals surface area contributed by atoms with Crippen molar-refractivity contribution in [2.45, 2.75) is 13.5 Å². The Balaban J connectivity index is 1.89. The van der Waals surface area contributed by atoms with Crippen LogP contribution in [0.15, 0.2) is 56.7 Å². The molecule has 10 heteroatoms. The monoisotopic (exact) mass is 468 g/mol. The normalized spacial score (nSPS) is 11.7. The molecule has 0 saturated heterocycles. The molecule has 0 radical (unpaired) electrons. The smallest absolute Gasteiger partial charge is 0.349 e. The minimum absolute atomic E-state index is 0.179. The Bertz CT molecular complexity index is 1500. The largest absolute Gasteiger partial charge is 0.493 e. The Kier molecular flexibility index (Phi) is 6.27. The highest BCUT2D eigenvalue weighted by Crippen LogP contribution is 2.33. The molecule has 9 nitrogen and oxygen atoms in total. The summed E-state index contributed by atoms with van der Waals surface area (Å²) >= 11 is 1.16. The average Bonchev–Trinajstić information content (AvgIpc) is 3.13. The second kappa shape index (κ2) is 9.29. The molecular weight excluding hydrogens is 448 g/mol. The quantitative estimate of drug-likeness (QED) is 0.316. The number of hydrogen-bond acceptors (Lipinski definition) is 8. The summed E-state index contributed by atoms with van der Waals surface area (Å²) in [6, 6.07) is 11.7. The molecule has 0 aliphatic carbocycles. The number of nitrogens with zero attached hydrogens (tertiary/aromatic N) is 2. The van der Waals surface area contributed by atoms with Gasteiger partial charge in [-0.15, -0.1) is 0 Å². The minimum atomic E-state index is -0.788. The summed E-state index contributed by atoms with van der Waals surface area (Å²) in [5.74, 6) is -0.334. The van der Waals surface area contributed by atoms with Crippen LogP contribution in [-0.4, -0.2) is 37.3 Å². The molecule has 0 bridgehead atoms. The molecule has 4 aromatic rings. The SMILES string of the molecule is CCOC(=O)Cn1c(=NC(=O)c2cc3ccccc3oc2=O)sc2cc(OC)c(OC)cc21. The summed E-state index contributed by atoms with van der Waals surface area (Å²) in [6.07, 6.45) is 0. The molecule has 0 spiro atoms. The van der Waals surface area contributed by atoms with Gasteiger partial charge < -0.3 is 23.2 Å². The molecule has 0 N–H and O–H groups in total. The zero-order valence-corrected chi connectivity index (χ0v) is 18.9. The molecule has 0 saturated carbocycles. The van der Waals surface area contributed by atoms with Gasteiger partial charge in [0.15, 0.2) is 16.3 Å².